The molecule has 2 aliphatic rings. The van der Waals surface area contributed by atoms with Crippen LogP contribution in [0.1, 0.15) is 29.4 Å². The number of Topliss-reactive ketones (excluding diaryl/α,β-unsaturated/α-hetero) is 1. The van der Waals surface area contributed by atoms with Gasteiger partial charge in [0.15, 0.2) is 5.78 Å². The highest BCUT2D eigenvalue weighted by Crippen LogP contribution is 2.23. The normalized spacial score (nSPS) is 22.9. The highest BCUT2D eigenvalue weighted by molar-refractivity contribution is 5.98. The van der Waals surface area contributed by atoms with Crippen molar-refractivity contribution in [3.63, 3.8) is 0 Å². The summed E-state index contributed by atoms with van der Waals surface area (Å²) in [7, 11) is 0. The lowest BCUT2D eigenvalue weighted by Crippen LogP contribution is -2.39. The van der Waals surface area contributed by atoms with E-state index in [2.05, 4.69) is 27.1 Å². The van der Waals surface area contributed by atoms with Crippen molar-refractivity contribution in [1.29, 1.82) is 0 Å². The number of nitrogens with zero attached hydrogens (tertiary/aromatic N) is 3. The molecule has 1 aliphatic carbocycles. The molecule has 0 saturated carbocycles. The van der Waals surface area contributed by atoms with Crippen LogP contribution in [0.25, 0.3) is 0 Å². The van der Waals surface area contributed by atoms with Crippen molar-refractivity contribution in [3.05, 3.63) is 17.5 Å². The van der Waals surface area contributed by atoms with Crippen LogP contribution >= 0.6 is 0 Å². The zero-order chi connectivity index (χ0) is 14.7. The van der Waals surface area contributed by atoms with Crippen LogP contribution in [-0.4, -0.2) is 60.0 Å². The molecule has 1 atom stereocenters. The maximum Gasteiger partial charge on any atom is 0.222 e. The van der Waals surface area contributed by atoms with Crippen molar-refractivity contribution in [2.75, 3.05) is 44.7 Å². The second kappa shape index (κ2) is 6.49. The Morgan fingerprint density at radius 2 is 2.19 bits per heavy atom. The molecule has 0 radical (unpaired) electrons. The molecule has 0 bridgehead atoms. The summed E-state index contributed by atoms with van der Waals surface area (Å²) in [6.07, 6.45) is 3.15. The fourth-order valence-electron chi connectivity index (χ4n) is 2.87. The highest BCUT2D eigenvalue weighted by Gasteiger charge is 2.24. The Hall–Kier alpha value is -1.53. The number of fused-ring (bicyclic) bond motifs is 1. The van der Waals surface area contributed by atoms with Crippen molar-refractivity contribution in [2.24, 2.45) is 5.92 Å². The van der Waals surface area contributed by atoms with Crippen molar-refractivity contribution >= 4 is 11.7 Å². The zero-order valence-corrected chi connectivity index (χ0v) is 12.5. The van der Waals surface area contributed by atoms with E-state index in [0.717, 1.165) is 51.5 Å². The Balaban J connectivity index is 1.56. The number of hydrogen-bond donors (Lipinski definition) is 1. The van der Waals surface area contributed by atoms with Crippen LogP contribution in [0.3, 0.4) is 0 Å². The molecule has 0 aromatic carbocycles. The van der Waals surface area contributed by atoms with Gasteiger partial charge in [-0.15, -0.1) is 0 Å². The Morgan fingerprint density at radius 3 is 3.00 bits per heavy atom. The van der Waals surface area contributed by atoms with Crippen LogP contribution in [0.15, 0.2) is 6.20 Å². The second-order valence-corrected chi connectivity index (χ2v) is 5.87. The summed E-state index contributed by atoms with van der Waals surface area (Å²) >= 11 is 0. The molecule has 0 unspecified atom stereocenters. The van der Waals surface area contributed by atoms with Crippen LogP contribution < -0.4 is 5.32 Å². The number of aromatic nitrogens is 2. The van der Waals surface area contributed by atoms with Crippen LogP contribution in [0.5, 0.6) is 0 Å². The SMILES string of the molecule is C[C@@H]1CC(=O)c2cnc(NCCN3CCOCC3)nc2C1. The Kier molecular flexibility index (Phi) is 4.45. The molecule has 6 heteroatoms. The Morgan fingerprint density at radius 1 is 1.38 bits per heavy atom. The lowest BCUT2D eigenvalue weighted by atomic mass is 9.88. The van der Waals surface area contributed by atoms with Gasteiger partial charge in [0.2, 0.25) is 5.95 Å². The van der Waals surface area contributed by atoms with E-state index in [1.165, 1.54) is 0 Å². The summed E-state index contributed by atoms with van der Waals surface area (Å²) < 4.78 is 5.33. The monoisotopic (exact) mass is 290 g/mol. The maximum absolute atomic E-state index is 11.9. The van der Waals surface area contributed by atoms with Gasteiger partial charge < -0.3 is 10.1 Å². The minimum atomic E-state index is 0.170. The molecule has 6 nitrogen and oxygen atoms in total. The van der Waals surface area contributed by atoms with Crippen molar-refractivity contribution < 1.29 is 9.53 Å². The number of ketones is 1. The zero-order valence-electron chi connectivity index (χ0n) is 12.5. The van der Waals surface area contributed by atoms with E-state index < -0.39 is 0 Å². The van der Waals surface area contributed by atoms with Gasteiger partial charge in [-0.3, -0.25) is 9.69 Å². The topological polar surface area (TPSA) is 67.4 Å². The molecule has 1 fully saturated rings. The first-order chi connectivity index (χ1) is 10.2. The maximum atomic E-state index is 11.9. The smallest absolute Gasteiger partial charge is 0.222 e. The molecule has 114 valence electrons. The van der Waals surface area contributed by atoms with Gasteiger partial charge in [0, 0.05) is 38.8 Å². The van der Waals surface area contributed by atoms with Gasteiger partial charge in [0.05, 0.1) is 24.5 Å². The number of carbonyl (C=O) groups is 1. The fourth-order valence-corrected chi connectivity index (χ4v) is 2.87. The van der Waals surface area contributed by atoms with Gasteiger partial charge in [-0.05, 0) is 12.3 Å². The Bertz CT molecular complexity index is 514. The van der Waals surface area contributed by atoms with E-state index in [4.69, 9.17) is 4.74 Å². The second-order valence-electron chi connectivity index (χ2n) is 5.87. The van der Waals surface area contributed by atoms with Gasteiger partial charge >= 0.3 is 0 Å². The number of morpholine rings is 1. The Labute approximate surface area is 124 Å². The number of hydrogen-bond acceptors (Lipinski definition) is 6. The lowest BCUT2D eigenvalue weighted by Gasteiger charge is -2.26. The molecule has 3 rings (SSSR count). The third kappa shape index (κ3) is 3.57. The standard InChI is InChI=1S/C15H22N4O2/c1-11-8-13-12(14(20)9-11)10-17-15(18-13)16-2-3-19-4-6-21-7-5-19/h10-11H,2-9H2,1H3,(H,16,17,18)/t11-/m0/s1. The van der Waals surface area contributed by atoms with Crippen LogP contribution in [-0.2, 0) is 11.2 Å². The van der Waals surface area contributed by atoms with Crippen molar-refractivity contribution in [3.8, 4) is 0 Å². The van der Waals surface area contributed by atoms with Crippen molar-refractivity contribution in [1.82, 2.24) is 14.9 Å². The lowest BCUT2D eigenvalue weighted by molar-refractivity contribution is 0.0398. The number of ether oxygens (including phenoxy) is 1. The molecular formula is C15H22N4O2. The van der Waals surface area contributed by atoms with E-state index in [1.54, 1.807) is 6.20 Å². The molecule has 2 heterocycles. The molecule has 0 amide bonds. The molecule has 1 N–H and O–H groups in total. The number of nitrogens with one attached hydrogen (secondary N) is 1. The third-order valence-electron chi connectivity index (χ3n) is 4.06. The third-order valence-corrected chi connectivity index (χ3v) is 4.06. The largest absolute Gasteiger partial charge is 0.379 e. The molecule has 1 saturated heterocycles. The molecule has 0 spiro atoms. The van der Waals surface area contributed by atoms with E-state index in [-0.39, 0.29) is 5.78 Å². The van der Waals surface area contributed by atoms with Crippen LogP contribution in [0.2, 0.25) is 0 Å². The van der Waals surface area contributed by atoms with Gasteiger partial charge in [0.25, 0.3) is 0 Å². The average Bonchev–Trinajstić information content (AvgIpc) is 2.48. The number of anilines is 1. The van der Waals surface area contributed by atoms with Crippen LogP contribution in [0, 0.1) is 5.92 Å². The van der Waals surface area contributed by atoms with E-state index in [1.807, 2.05) is 0 Å². The first kappa shape index (κ1) is 14.4. The fraction of sp³-hybridized carbons (Fsp3) is 0.667. The molecule has 21 heavy (non-hydrogen) atoms. The van der Waals surface area contributed by atoms with Gasteiger partial charge in [-0.2, -0.15) is 0 Å². The summed E-state index contributed by atoms with van der Waals surface area (Å²) in [5.41, 5.74) is 1.59. The minimum Gasteiger partial charge on any atom is -0.379 e. The average molecular weight is 290 g/mol. The van der Waals surface area contributed by atoms with E-state index in [9.17, 15) is 4.79 Å². The minimum absolute atomic E-state index is 0.170. The summed E-state index contributed by atoms with van der Waals surface area (Å²) in [6.45, 7) is 7.46. The quantitative estimate of drug-likeness (QED) is 0.892. The molecular weight excluding hydrogens is 268 g/mol. The number of carbonyl (C=O) groups excluding carboxylic acids is 1. The first-order valence-corrected chi connectivity index (χ1v) is 7.65. The first-order valence-electron chi connectivity index (χ1n) is 7.65. The molecule has 1 aliphatic heterocycles. The van der Waals surface area contributed by atoms with Gasteiger partial charge in [-0.25, -0.2) is 9.97 Å². The van der Waals surface area contributed by atoms with Gasteiger partial charge in [-0.1, -0.05) is 6.92 Å². The highest BCUT2D eigenvalue weighted by atomic mass is 16.5. The predicted octanol–water partition coefficient (Wildman–Crippen LogP) is 0.986. The predicted molar refractivity (Wildman–Crippen MR) is 79.6 cm³/mol. The molecule has 1 aromatic rings. The number of rotatable bonds is 4. The van der Waals surface area contributed by atoms with E-state index >= 15 is 0 Å². The summed E-state index contributed by atoms with van der Waals surface area (Å²) in [6, 6.07) is 0. The summed E-state index contributed by atoms with van der Waals surface area (Å²) in [5.74, 6) is 1.17. The summed E-state index contributed by atoms with van der Waals surface area (Å²) in [4.78, 5) is 23.0. The van der Waals surface area contributed by atoms with E-state index in [0.29, 0.717) is 23.9 Å². The summed E-state index contributed by atoms with van der Waals surface area (Å²) in [5, 5.41) is 3.26. The van der Waals surface area contributed by atoms with Crippen LogP contribution in [0.4, 0.5) is 5.95 Å². The molecule has 1 aromatic heterocycles. The van der Waals surface area contributed by atoms with Crippen molar-refractivity contribution in [2.45, 2.75) is 19.8 Å². The van der Waals surface area contributed by atoms with Gasteiger partial charge in [0.1, 0.15) is 0 Å².